The Morgan fingerprint density at radius 2 is 2.04 bits per heavy atom. The van der Waals surface area contributed by atoms with Gasteiger partial charge in [0, 0.05) is 11.8 Å². The number of amides is 2. The molecular weight excluding hydrogens is 294 g/mol. The number of aromatic nitrogens is 2. The molecule has 120 valence electrons. The molecule has 2 amide bonds. The summed E-state index contributed by atoms with van der Waals surface area (Å²) < 4.78 is 1.40. The zero-order chi connectivity index (χ0) is 16.8. The SMILES string of the molecule is Cc1nc2c(c(=O)n1C1CCC(=O)NC1=O)=CC=CC(C)(C)C=2. The van der Waals surface area contributed by atoms with E-state index in [-0.39, 0.29) is 23.3 Å². The molecule has 6 nitrogen and oxygen atoms in total. The van der Waals surface area contributed by atoms with E-state index in [0.29, 0.717) is 22.8 Å². The van der Waals surface area contributed by atoms with Crippen molar-refractivity contribution < 1.29 is 9.59 Å². The maximum Gasteiger partial charge on any atom is 0.262 e. The fourth-order valence-corrected chi connectivity index (χ4v) is 3.03. The van der Waals surface area contributed by atoms with Gasteiger partial charge in [-0.3, -0.25) is 24.3 Å². The van der Waals surface area contributed by atoms with Gasteiger partial charge in [-0.15, -0.1) is 0 Å². The number of hydrogen-bond donors (Lipinski definition) is 1. The molecule has 6 heteroatoms. The highest BCUT2D eigenvalue weighted by Gasteiger charge is 2.30. The van der Waals surface area contributed by atoms with Crippen molar-refractivity contribution in [2.24, 2.45) is 5.41 Å². The van der Waals surface area contributed by atoms with Gasteiger partial charge in [0.05, 0.1) is 10.6 Å². The number of aryl methyl sites for hydroxylation is 1. The Kier molecular flexibility index (Phi) is 3.55. The minimum Gasteiger partial charge on any atom is -0.295 e. The quantitative estimate of drug-likeness (QED) is 0.721. The number of piperidine rings is 1. The number of nitrogens with zero attached hydrogens (tertiary/aromatic N) is 2. The number of hydrogen-bond acceptors (Lipinski definition) is 4. The summed E-state index contributed by atoms with van der Waals surface area (Å²) in [6, 6.07) is -0.688. The Morgan fingerprint density at radius 3 is 2.74 bits per heavy atom. The summed E-state index contributed by atoms with van der Waals surface area (Å²) in [6.45, 7) is 5.79. The second-order valence-corrected chi connectivity index (χ2v) is 6.59. The first kappa shape index (κ1) is 15.4. The van der Waals surface area contributed by atoms with Crippen LogP contribution >= 0.6 is 0 Å². The van der Waals surface area contributed by atoms with E-state index in [1.54, 1.807) is 13.0 Å². The Labute approximate surface area is 133 Å². The van der Waals surface area contributed by atoms with Crippen molar-refractivity contribution in [1.29, 1.82) is 0 Å². The molecular formula is C17H19N3O3. The third kappa shape index (κ3) is 2.76. The largest absolute Gasteiger partial charge is 0.295 e. The molecule has 1 aliphatic heterocycles. The van der Waals surface area contributed by atoms with E-state index in [2.05, 4.69) is 10.3 Å². The van der Waals surface area contributed by atoms with Gasteiger partial charge in [-0.05, 0) is 25.5 Å². The summed E-state index contributed by atoms with van der Waals surface area (Å²) >= 11 is 0. The molecule has 0 spiro atoms. The lowest BCUT2D eigenvalue weighted by molar-refractivity contribution is -0.135. The van der Waals surface area contributed by atoms with E-state index in [9.17, 15) is 14.4 Å². The summed E-state index contributed by atoms with van der Waals surface area (Å²) in [4.78, 5) is 40.8. The standard InChI is InChI=1S/C17H19N3O3/c1-10-18-12-9-17(2,3)8-4-5-11(12)16(23)20(10)13-6-7-14(21)19-15(13)22/h4-5,8-9,13H,6-7H2,1-3H3,(H,19,21,22). The van der Waals surface area contributed by atoms with Gasteiger partial charge in [-0.1, -0.05) is 26.0 Å². The number of rotatable bonds is 1. The number of allylic oxidation sites excluding steroid dienone is 2. The summed E-state index contributed by atoms with van der Waals surface area (Å²) in [5.41, 5.74) is -0.449. The molecule has 0 aromatic carbocycles. The van der Waals surface area contributed by atoms with E-state index in [0.717, 1.165) is 0 Å². The van der Waals surface area contributed by atoms with Crippen LogP contribution in [-0.2, 0) is 9.59 Å². The van der Waals surface area contributed by atoms with Gasteiger partial charge in [-0.2, -0.15) is 0 Å². The van der Waals surface area contributed by atoms with Crippen molar-refractivity contribution in [1.82, 2.24) is 14.9 Å². The van der Waals surface area contributed by atoms with Gasteiger partial charge >= 0.3 is 0 Å². The second kappa shape index (κ2) is 5.30. The highest BCUT2D eigenvalue weighted by molar-refractivity contribution is 5.99. The van der Waals surface area contributed by atoms with Gasteiger partial charge in [0.15, 0.2) is 0 Å². The number of fused-ring (bicyclic) bond motifs is 1. The summed E-state index contributed by atoms with van der Waals surface area (Å²) in [7, 11) is 0. The Balaban J connectivity index is 2.23. The van der Waals surface area contributed by atoms with Crippen LogP contribution in [0, 0.1) is 12.3 Å². The van der Waals surface area contributed by atoms with Gasteiger partial charge in [0.1, 0.15) is 11.9 Å². The van der Waals surface area contributed by atoms with Crippen molar-refractivity contribution in [3.8, 4) is 0 Å². The minimum atomic E-state index is -0.688. The molecule has 0 saturated carbocycles. The summed E-state index contributed by atoms with van der Waals surface area (Å²) in [5.74, 6) is -0.267. The molecule has 2 aliphatic rings. The topological polar surface area (TPSA) is 81.1 Å². The maximum absolute atomic E-state index is 12.9. The highest BCUT2D eigenvalue weighted by atomic mass is 16.2. The van der Waals surface area contributed by atoms with Crippen LogP contribution in [-0.4, -0.2) is 21.4 Å². The number of carbonyl (C=O) groups excluding carboxylic acids is 2. The Morgan fingerprint density at radius 1 is 1.30 bits per heavy atom. The van der Waals surface area contributed by atoms with Crippen molar-refractivity contribution in [3.05, 3.63) is 38.9 Å². The van der Waals surface area contributed by atoms with Crippen LogP contribution in [0.4, 0.5) is 0 Å². The highest BCUT2D eigenvalue weighted by Crippen LogP contribution is 2.20. The van der Waals surface area contributed by atoms with Crippen molar-refractivity contribution in [2.45, 2.75) is 39.7 Å². The van der Waals surface area contributed by atoms with Crippen LogP contribution in [0.15, 0.2) is 16.9 Å². The first-order valence-electron chi connectivity index (χ1n) is 7.64. The molecule has 1 aliphatic carbocycles. The second-order valence-electron chi connectivity index (χ2n) is 6.59. The average molecular weight is 313 g/mol. The predicted octanol–water partition coefficient (Wildman–Crippen LogP) is -0.314. The smallest absolute Gasteiger partial charge is 0.262 e. The van der Waals surface area contributed by atoms with Crippen LogP contribution in [0.1, 0.15) is 38.6 Å². The normalized spacial score (nSPS) is 22.5. The van der Waals surface area contributed by atoms with Crippen molar-refractivity contribution >= 4 is 24.0 Å². The lowest BCUT2D eigenvalue weighted by Crippen LogP contribution is -2.53. The third-order valence-corrected chi connectivity index (χ3v) is 4.18. The predicted molar refractivity (Wildman–Crippen MR) is 85.8 cm³/mol. The van der Waals surface area contributed by atoms with Crippen LogP contribution in [0.25, 0.3) is 12.2 Å². The zero-order valence-electron chi connectivity index (χ0n) is 13.4. The van der Waals surface area contributed by atoms with E-state index >= 15 is 0 Å². The molecule has 2 heterocycles. The lowest BCUT2D eigenvalue weighted by atomic mass is 9.93. The molecule has 1 aromatic rings. The lowest BCUT2D eigenvalue weighted by Gasteiger charge is -2.24. The molecule has 23 heavy (non-hydrogen) atoms. The van der Waals surface area contributed by atoms with Gasteiger partial charge < -0.3 is 0 Å². The monoisotopic (exact) mass is 313 g/mol. The van der Waals surface area contributed by atoms with Crippen LogP contribution in [0.5, 0.6) is 0 Å². The maximum atomic E-state index is 12.9. The van der Waals surface area contributed by atoms with Gasteiger partial charge in [0.25, 0.3) is 5.56 Å². The molecule has 1 N–H and O–H groups in total. The molecule has 1 unspecified atom stereocenters. The molecule has 3 rings (SSSR count). The zero-order valence-corrected chi connectivity index (χ0v) is 13.4. The van der Waals surface area contributed by atoms with Gasteiger partial charge in [0.2, 0.25) is 11.8 Å². The van der Waals surface area contributed by atoms with Gasteiger partial charge in [-0.25, -0.2) is 4.98 Å². The Hall–Kier alpha value is -2.50. The van der Waals surface area contributed by atoms with Crippen LogP contribution < -0.4 is 21.4 Å². The van der Waals surface area contributed by atoms with Crippen LogP contribution in [0.3, 0.4) is 0 Å². The van der Waals surface area contributed by atoms with E-state index in [1.807, 2.05) is 32.1 Å². The fraction of sp³-hybridized carbons (Fsp3) is 0.412. The van der Waals surface area contributed by atoms with Crippen LogP contribution in [0.2, 0.25) is 0 Å². The number of imide groups is 1. The number of nitrogens with one attached hydrogen (secondary N) is 1. The molecule has 1 saturated heterocycles. The molecule has 1 fully saturated rings. The molecule has 1 aromatic heterocycles. The summed E-state index contributed by atoms with van der Waals surface area (Å²) in [5, 5.41) is 3.40. The molecule has 1 atom stereocenters. The first-order valence-corrected chi connectivity index (χ1v) is 7.64. The molecule has 0 radical (unpaired) electrons. The fourth-order valence-electron chi connectivity index (χ4n) is 3.03. The third-order valence-electron chi connectivity index (χ3n) is 4.18. The van der Waals surface area contributed by atoms with E-state index in [1.165, 1.54) is 4.57 Å². The minimum absolute atomic E-state index is 0.200. The Bertz CT molecular complexity index is 906. The molecule has 0 bridgehead atoms. The number of carbonyl (C=O) groups is 2. The summed E-state index contributed by atoms with van der Waals surface area (Å²) in [6.07, 6.45) is 8.07. The van der Waals surface area contributed by atoms with Crippen molar-refractivity contribution in [2.75, 3.05) is 0 Å². The van der Waals surface area contributed by atoms with E-state index in [4.69, 9.17) is 0 Å². The average Bonchev–Trinajstić information content (AvgIpc) is 2.58. The van der Waals surface area contributed by atoms with Crippen molar-refractivity contribution in [3.63, 3.8) is 0 Å². The first-order chi connectivity index (χ1) is 10.8. The van der Waals surface area contributed by atoms with E-state index < -0.39 is 11.9 Å².